The number of rotatable bonds is 4. The van der Waals surface area contributed by atoms with Gasteiger partial charge in [-0.2, -0.15) is 5.10 Å². The van der Waals surface area contributed by atoms with Crippen LogP contribution in [0.5, 0.6) is 0 Å². The van der Waals surface area contributed by atoms with Crippen molar-refractivity contribution < 1.29 is 4.42 Å². The Labute approximate surface area is 124 Å². The number of hydrogen-bond acceptors (Lipinski definition) is 3. The summed E-state index contributed by atoms with van der Waals surface area (Å²) in [5, 5.41) is 5.68. The Morgan fingerprint density at radius 1 is 1.29 bits per heavy atom. The fraction of sp³-hybridized carbons (Fsp3) is 0.353. The summed E-state index contributed by atoms with van der Waals surface area (Å²) in [6.45, 7) is 6.94. The molecule has 3 aromatic rings. The van der Waals surface area contributed by atoms with Crippen LogP contribution in [0.15, 0.2) is 34.7 Å². The van der Waals surface area contributed by atoms with Crippen LogP contribution >= 0.6 is 0 Å². The molecule has 1 aromatic carbocycles. The van der Waals surface area contributed by atoms with Crippen LogP contribution in [0.2, 0.25) is 0 Å². The average molecular weight is 283 g/mol. The van der Waals surface area contributed by atoms with Crippen molar-refractivity contribution in [2.45, 2.75) is 39.8 Å². The topological polar surface area (TPSA) is 57.0 Å². The van der Waals surface area contributed by atoms with Crippen molar-refractivity contribution >= 4 is 11.0 Å². The fourth-order valence-corrected chi connectivity index (χ4v) is 2.88. The minimum absolute atomic E-state index is 0.194. The van der Waals surface area contributed by atoms with E-state index in [1.807, 2.05) is 35.0 Å². The van der Waals surface area contributed by atoms with Crippen LogP contribution in [0.3, 0.4) is 0 Å². The number of aryl methyl sites for hydroxylation is 1. The van der Waals surface area contributed by atoms with Gasteiger partial charge < -0.3 is 10.2 Å². The number of nitrogens with two attached hydrogens (primary N) is 1. The van der Waals surface area contributed by atoms with Crippen LogP contribution in [0, 0.1) is 13.8 Å². The van der Waals surface area contributed by atoms with Crippen LogP contribution in [0.4, 0.5) is 0 Å². The molecule has 1 atom stereocenters. The molecule has 110 valence electrons. The molecule has 0 bridgehead atoms. The minimum Gasteiger partial charge on any atom is -0.459 e. The number of hydrogen-bond donors (Lipinski definition) is 1. The third-order valence-electron chi connectivity index (χ3n) is 4.06. The Morgan fingerprint density at radius 3 is 2.71 bits per heavy atom. The highest BCUT2D eigenvalue weighted by Crippen LogP contribution is 2.24. The molecule has 0 aliphatic heterocycles. The number of aromatic nitrogens is 2. The molecule has 1 unspecified atom stereocenters. The first-order chi connectivity index (χ1) is 10.1. The largest absolute Gasteiger partial charge is 0.459 e. The van der Waals surface area contributed by atoms with Gasteiger partial charge in [-0.25, -0.2) is 0 Å². The molecule has 3 rings (SSSR count). The molecule has 2 aromatic heterocycles. The van der Waals surface area contributed by atoms with Crippen LogP contribution in [-0.2, 0) is 13.0 Å². The van der Waals surface area contributed by atoms with Crippen LogP contribution in [0.1, 0.15) is 35.7 Å². The lowest BCUT2D eigenvalue weighted by atomic mass is 10.1. The van der Waals surface area contributed by atoms with Crippen molar-refractivity contribution in [2.75, 3.05) is 0 Å². The normalized spacial score (nSPS) is 13.0. The fourth-order valence-electron chi connectivity index (χ4n) is 2.88. The van der Waals surface area contributed by atoms with E-state index in [2.05, 4.69) is 25.9 Å². The van der Waals surface area contributed by atoms with Crippen molar-refractivity contribution in [1.82, 2.24) is 9.78 Å². The molecule has 0 spiro atoms. The highest BCUT2D eigenvalue weighted by molar-refractivity contribution is 5.77. The van der Waals surface area contributed by atoms with Gasteiger partial charge in [0.1, 0.15) is 11.3 Å². The Balaban J connectivity index is 1.87. The summed E-state index contributed by atoms with van der Waals surface area (Å²) >= 11 is 0. The van der Waals surface area contributed by atoms with E-state index >= 15 is 0 Å². The maximum atomic E-state index is 6.31. The van der Waals surface area contributed by atoms with Crippen molar-refractivity contribution in [2.24, 2.45) is 5.73 Å². The molecule has 2 heterocycles. The van der Waals surface area contributed by atoms with Crippen molar-refractivity contribution in [3.8, 4) is 0 Å². The second-order valence-electron chi connectivity index (χ2n) is 5.48. The summed E-state index contributed by atoms with van der Waals surface area (Å²) in [5.41, 5.74) is 10.8. The maximum Gasteiger partial charge on any atom is 0.134 e. The van der Waals surface area contributed by atoms with E-state index in [9.17, 15) is 0 Å². The van der Waals surface area contributed by atoms with Gasteiger partial charge in [0, 0.05) is 11.1 Å². The summed E-state index contributed by atoms with van der Waals surface area (Å²) in [4.78, 5) is 0. The first kappa shape index (κ1) is 13.9. The molecular weight excluding hydrogens is 262 g/mol. The molecule has 0 amide bonds. The van der Waals surface area contributed by atoms with Gasteiger partial charge in [0.2, 0.25) is 0 Å². The lowest BCUT2D eigenvalue weighted by Crippen LogP contribution is -2.18. The Kier molecular flexibility index (Phi) is 3.55. The second-order valence-corrected chi connectivity index (χ2v) is 5.48. The molecule has 0 aliphatic carbocycles. The van der Waals surface area contributed by atoms with Gasteiger partial charge in [0.05, 0.1) is 18.3 Å². The van der Waals surface area contributed by atoms with Gasteiger partial charge in [-0.1, -0.05) is 25.1 Å². The summed E-state index contributed by atoms with van der Waals surface area (Å²) in [5.74, 6) is 0.807. The molecule has 4 heteroatoms. The highest BCUT2D eigenvalue weighted by Gasteiger charge is 2.16. The molecule has 0 fully saturated rings. The summed E-state index contributed by atoms with van der Waals surface area (Å²) < 4.78 is 7.83. The molecular formula is C17H21N3O. The zero-order valence-electron chi connectivity index (χ0n) is 12.8. The van der Waals surface area contributed by atoms with E-state index in [1.54, 1.807) is 0 Å². The van der Waals surface area contributed by atoms with Gasteiger partial charge in [0.25, 0.3) is 0 Å². The lowest BCUT2D eigenvalue weighted by Gasteiger charge is -2.10. The van der Waals surface area contributed by atoms with E-state index in [1.165, 1.54) is 11.3 Å². The molecule has 0 saturated carbocycles. The number of para-hydroxylation sites is 1. The summed E-state index contributed by atoms with van der Waals surface area (Å²) in [6.07, 6.45) is 0.998. The molecule has 0 aliphatic rings. The first-order valence-corrected chi connectivity index (χ1v) is 7.37. The average Bonchev–Trinajstić information content (AvgIpc) is 3.01. The van der Waals surface area contributed by atoms with Gasteiger partial charge in [-0.15, -0.1) is 0 Å². The quantitative estimate of drug-likeness (QED) is 0.797. The number of fused-ring (bicyclic) bond motifs is 1. The van der Waals surface area contributed by atoms with E-state index in [0.29, 0.717) is 6.54 Å². The smallest absolute Gasteiger partial charge is 0.134 e. The van der Waals surface area contributed by atoms with Gasteiger partial charge in [-0.05, 0) is 38.0 Å². The van der Waals surface area contributed by atoms with Crippen LogP contribution in [-0.4, -0.2) is 9.78 Å². The highest BCUT2D eigenvalue weighted by atomic mass is 16.3. The Morgan fingerprint density at radius 2 is 2.05 bits per heavy atom. The SMILES string of the molecule is CCc1c(C)nn(CC(N)c2cc3ccccc3o2)c1C. The monoisotopic (exact) mass is 283 g/mol. The Bertz CT molecular complexity index is 737. The number of furan rings is 1. The van der Waals surface area contributed by atoms with E-state index < -0.39 is 0 Å². The maximum absolute atomic E-state index is 6.31. The zero-order valence-corrected chi connectivity index (χ0v) is 12.8. The van der Waals surface area contributed by atoms with Gasteiger partial charge in [-0.3, -0.25) is 4.68 Å². The predicted molar refractivity (Wildman–Crippen MR) is 84.2 cm³/mol. The third-order valence-corrected chi connectivity index (χ3v) is 4.06. The van der Waals surface area contributed by atoms with Crippen molar-refractivity contribution in [1.29, 1.82) is 0 Å². The molecule has 0 radical (unpaired) electrons. The van der Waals surface area contributed by atoms with E-state index in [4.69, 9.17) is 10.2 Å². The van der Waals surface area contributed by atoms with Gasteiger partial charge in [0.15, 0.2) is 0 Å². The number of benzene rings is 1. The van der Waals surface area contributed by atoms with E-state index in [-0.39, 0.29) is 6.04 Å². The third kappa shape index (κ3) is 2.47. The molecule has 2 N–H and O–H groups in total. The standard InChI is InChI=1S/C17H21N3O/c1-4-14-11(2)19-20(12(14)3)10-15(18)17-9-13-7-5-6-8-16(13)21-17/h5-9,15H,4,10,18H2,1-3H3. The van der Waals surface area contributed by atoms with Crippen molar-refractivity contribution in [3.63, 3.8) is 0 Å². The Hall–Kier alpha value is -2.07. The zero-order chi connectivity index (χ0) is 15.0. The molecule has 21 heavy (non-hydrogen) atoms. The van der Waals surface area contributed by atoms with Crippen LogP contribution < -0.4 is 5.73 Å². The first-order valence-electron chi connectivity index (χ1n) is 7.37. The second kappa shape index (κ2) is 5.37. The predicted octanol–water partition coefficient (Wildman–Crippen LogP) is 3.51. The van der Waals surface area contributed by atoms with Gasteiger partial charge >= 0.3 is 0 Å². The minimum atomic E-state index is -0.194. The summed E-state index contributed by atoms with van der Waals surface area (Å²) in [7, 11) is 0. The lowest BCUT2D eigenvalue weighted by molar-refractivity contribution is 0.433. The summed E-state index contributed by atoms with van der Waals surface area (Å²) in [6, 6.07) is 9.79. The number of nitrogens with zero attached hydrogens (tertiary/aromatic N) is 2. The molecule has 4 nitrogen and oxygen atoms in total. The molecule has 0 saturated heterocycles. The van der Waals surface area contributed by atoms with Crippen molar-refractivity contribution in [3.05, 3.63) is 53.0 Å². The van der Waals surface area contributed by atoms with Crippen LogP contribution in [0.25, 0.3) is 11.0 Å². The van der Waals surface area contributed by atoms with E-state index in [0.717, 1.165) is 28.8 Å².